The fourth-order valence-electron chi connectivity index (χ4n) is 2.56. The quantitative estimate of drug-likeness (QED) is 0.837. The molecule has 0 aromatic heterocycles. The maximum absolute atomic E-state index is 3.62. The molecule has 0 spiro atoms. The highest BCUT2D eigenvalue weighted by Crippen LogP contribution is 2.28. The zero-order valence-corrected chi connectivity index (χ0v) is 11.5. The zero-order chi connectivity index (χ0) is 11.4. The zero-order valence-electron chi connectivity index (χ0n) is 9.88. The van der Waals surface area contributed by atoms with Gasteiger partial charge in [0.15, 0.2) is 0 Å². The molecule has 88 valence electrons. The molecule has 1 nitrogen and oxygen atoms in total. The molecule has 2 heteroatoms. The van der Waals surface area contributed by atoms with Gasteiger partial charge in [-0.15, -0.1) is 0 Å². The molecule has 0 saturated heterocycles. The molecule has 1 N–H and O–H groups in total. The normalized spacial score (nSPS) is 19.4. The average molecular weight is 282 g/mol. The number of hydrogen-bond acceptors (Lipinski definition) is 1. The fraction of sp³-hybridized carbons (Fsp3) is 0.571. The first-order valence-electron chi connectivity index (χ1n) is 6.28. The Kier molecular flexibility index (Phi) is 4.28. The molecule has 1 aromatic carbocycles. The predicted octanol–water partition coefficient (Wildman–Crippen LogP) is 4.83. The third-order valence-corrected chi connectivity index (χ3v) is 4.12. The van der Waals surface area contributed by atoms with Crippen molar-refractivity contribution in [3.8, 4) is 0 Å². The summed E-state index contributed by atoms with van der Waals surface area (Å²) < 4.78 is 1.14. The summed E-state index contributed by atoms with van der Waals surface area (Å²) in [5.41, 5.74) is 1.24. The van der Waals surface area contributed by atoms with Crippen LogP contribution in [0, 0.1) is 5.92 Å². The van der Waals surface area contributed by atoms with Crippen molar-refractivity contribution >= 4 is 21.6 Å². The van der Waals surface area contributed by atoms with Gasteiger partial charge < -0.3 is 5.32 Å². The third kappa shape index (κ3) is 3.24. The highest BCUT2D eigenvalue weighted by molar-refractivity contribution is 9.10. The van der Waals surface area contributed by atoms with Crippen molar-refractivity contribution in [1.82, 2.24) is 0 Å². The Morgan fingerprint density at radius 2 is 1.75 bits per heavy atom. The molecule has 1 saturated carbocycles. The van der Waals surface area contributed by atoms with Crippen LogP contribution in [0.5, 0.6) is 0 Å². The highest BCUT2D eigenvalue weighted by atomic mass is 79.9. The minimum Gasteiger partial charge on any atom is -0.382 e. The van der Waals surface area contributed by atoms with Gasteiger partial charge in [-0.25, -0.2) is 0 Å². The molecule has 1 aromatic rings. The Balaban J connectivity index is 1.90. The monoisotopic (exact) mass is 281 g/mol. The summed E-state index contributed by atoms with van der Waals surface area (Å²) in [6.45, 7) is 2.32. The van der Waals surface area contributed by atoms with Crippen LogP contribution < -0.4 is 5.32 Å². The van der Waals surface area contributed by atoms with Gasteiger partial charge in [-0.05, 0) is 49.9 Å². The number of hydrogen-bond donors (Lipinski definition) is 1. The first-order chi connectivity index (χ1) is 7.75. The van der Waals surface area contributed by atoms with Crippen molar-refractivity contribution < 1.29 is 0 Å². The molecule has 0 radical (unpaired) electrons. The molecule has 0 aliphatic heterocycles. The number of halogens is 1. The molecule has 0 unspecified atom stereocenters. The topological polar surface area (TPSA) is 12.0 Å². The van der Waals surface area contributed by atoms with Gasteiger partial charge in [0.1, 0.15) is 0 Å². The van der Waals surface area contributed by atoms with Crippen LogP contribution in [0.4, 0.5) is 5.69 Å². The molecule has 0 heterocycles. The van der Waals surface area contributed by atoms with E-state index in [-0.39, 0.29) is 0 Å². The Hall–Kier alpha value is -0.500. The first kappa shape index (κ1) is 12.0. The van der Waals surface area contributed by atoms with Crippen LogP contribution in [0.3, 0.4) is 0 Å². The van der Waals surface area contributed by atoms with Gasteiger partial charge in [-0.2, -0.15) is 0 Å². The summed E-state index contributed by atoms with van der Waals surface area (Å²) in [6, 6.07) is 9.07. The second-order valence-electron chi connectivity index (χ2n) is 4.84. The van der Waals surface area contributed by atoms with Crippen molar-refractivity contribution in [3.05, 3.63) is 28.7 Å². The molecular weight excluding hydrogens is 262 g/mol. The van der Waals surface area contributed by atoms with Crippen LogP contribution in [-0.2, 0) is 0 Å². The largest absolute Gasteiger partial charge is 0.382 e. The van der Waals surface area contributed by atoms with E-state index in [1.807, 2.05) is 0 Å². The molecule has 16 heavy (non-hydrogen) atoms. The van der Waals surface area contributed by atoms with Gasteiger partial charge in [0.2, 0.25) is 0 Å². The minimum absolute atomic E-state index is 0.599. The lowest BCUT2D eigenvalue weighted by molar-refractivity contribution is 0.328. The number of nitrogens with one attached hydrogen (secondary N) is 1. The molecule has 1 aliphatic carbocycles. The third-order valence-electron chi connectivity index (χ3n) is 3.60. The Bertz CT molecular complexity index is 314. The molecular formula is C14H20BrN. The maximum Gasteiger partial charge on any atom is 0.0343 e. The maximum atomic E-state index is 3.62. The van der Waals surface area contributed by atoms with Gasteiger partial charge in [-0.1, -0.05) is 35.2 Å². The predicted molar refractivity (Wildman–Crippen MR) is 73.8 cm³/mol. The smallest absolute Gasteiger partial charge is 0.0343 e. The van der Waals surface area contributed by atoms with Crippen molar-refractivity contribution in [1.29, 1.82) is 0 Å². The Morgan fingerprint density at radius 1 is 1.12 bits per heavy atom. The van der Waals surface area contributed by atoms with E-state index in [1.54, 1.807) is 0 Å². The SMILES string of the molecule is C[C@H](Nc1ccc(Br)cc1)C1CCCCC1. The van der Waals surface area contributed by atoms with Crippen LogP contribution in [0.15, 0.2) is 28.7 Å². The minimum atomic E-state index is 0.599. The van der Waals surface area contributed by atoms with Gasteiger partial charge in [0.05, 0.1) is 0 Å². The van der Waals surface area contributed by atoms with Crippen molar-refractivity contribution in [2.24, 2.45) is 5.92 Å². The van der Waals surface area contributed by atoms with E-state index in [0.29, 0.717) is 6.04 Å². The fourth-order valence-corrected chi connectivity index (χ4v) is 2.83. The summed E-state index contributed by atoms with van der Waals surface area (Å²) in [4.78, 5) is 0. The highest BCUT2D eigenvalue weighted by Gasteiger charge is 2.19. The molecule has 1 aliphatic rings. The Morgan fingerprint density at radius 3 is 2.38 bits per heavy atom. The first-order valence-corrected chi connectivity index (χ1v) is 7.07. The summed E-state index contributed by atoms with van der Waals surface area (Å²) in [5, 5.41) is 3.62. The van der Waals surface area contributed by atoms with Crippen LogP contribution in [-0.4, -0.2) is 6.04 Å². The lowest BCUT2D eigenvalue weighted by Gasteiger charge is -2.29. The summed E-state index contributed by atoms with van der Waals surface area (Å²) in [6.07, 6.45) is 7.05. The average Bonchev–Trinajstić information content (AvgIpc) is 2.33. The summed E-state index contributed by atoms with van der Waals surface area (Å²) in [7, 11) is 0. The Labute approximate surface area is 107 Å². The van der Waals surface area contributed by atoms with E-state index in [4.69, 9.17) is 0 Å². The van der Waals surface area contributed by atoms with Gasteiger partial charge >= 0.3 is 0 Å². The van der Waals surface area contributed by atoms with Gasteiger partial charge in [0, 0.05) is 16.2 Å². The second kappa shape index (κ2) is 5.72. The van der Waals surface area contributed by atoms with Crippen molar-refractivity contribution in [2.45, 2.75) is 45.1 Å². The lowest BCUT2D eigenvalue weighted by atomic mass is 9.84. The van der Waals surface area contributed by atoms with E-state index in [2.05, 4.69) is 52.4 Å². The van der Waals surface area contributed by atoms with Crippen molar-refractivity contribution in [2.75, 3.05) is 5.32 Å². The standard InChI is InChI=1S/C14H20BrN/c1-11(12-5-3-2-4-6-12)16-14-9-7-13(15)8-10-14/h7-12,16H,2-6H2,1H3/t11-/m0/s1. The van der Waals surface area contributed by atoms with Crippen molar-refractivity contribution in [3.63, 3.8) is 0 Å². The molecule has 0 bridgehead atoms. The van der Waals surface area contributed by atoms with E-state index < -0.39 is 0 Å². The van der Waals surface area contributed by atoms with E-state index in [9.17, 15) is 0 Å². The second-order valence-corrected chi connectivity index (χ2v) is 5.75. The van der Waals surface area contributed by atoms with E-state index >= 15 is 0 Å². The molecule has 1 fully saturated rings. The molecule has 0 amide bonds. The lowest BCUT2D eigenvalue weighted by Crippen LogP contribution is -2.27. The molecule has 2 rings (SSSR count). The summed E-state index contributed by atoms with van der Waals surface area (Å²) >= 11 is 3.46. The van der Waals surface area contributed by atoms with E-state index in [1.165, 1.54) is 37.8 Å². The molecule has 1 atom stereocenters. The van der Waals surface area contributed by atoms with Crippen LogP contribution >= 0.6 is 15.9 Å². The number of rotatable bonds is 3. The van der Waals surface area contributed by atoms with Crippen LogP contribution in [0.2, 0.25) is 0 Å². The van der Waals surface area contributed by atoms with Gasteiger partial charge in [0.25, 0.3) is 0 Å². The van der Waals surface area contributed by atoms with Crippen LogP contribution in [0.25, 0.3) is 0 Å². The van der Waals surface area contributed by atoms with Crippen LogP contribution in [0.1, 0.15) is 39.0 Å². The van der Waals surface area contributed by atoms with E-state index in [0.717, 1.165) is 10.4 Å². The summed E-state index contributed by atoms with van der Waals surface area (Å²) in [5.74, 6) is 0.859. The number of anilines is 1. The van der Waals surface area contributed by atoms with Gasteiger partial charge in [-0.3, -0.25) is 0 Å². The number of benzene rings is 1.